The Morgan fingerprint density at radius 2 is 2.00 bits per heavy atom. The Kier molecular flexibility index (Phi) is 3.38. The fraction of sp³-hybridized carbons (Fsp3) is 0.364. The first-order valence-electron chi connectivity index (χ1n) is 5.04. The molecule has 0 aromatic heterocycles. The van der Waals surface area contributed by atoms with E-state index in [-0.39, 0.29) is 5.91 Å². The summed E-state index contributed by atoms with van der Waals surface area (Å²) in [6, 6.07) is 7.85. The Morgan fingerprint density at radius 3 is 2.73 bits per heavy atom. The molecule has 4 heteroatoms. The Morgan fingerprint density at radius 1 is 1.27 bits per heavy atom. The number of rotatable bonds is 1. The molecule has 3 nitrogen and oxygen atoms in total. The molecule has 0 saturated carbocycles. The van der Waals surface area contributed by atoms with Crippen molar-refractivity contribution in [2.45, 2.75) is 6.42 Å². The van der Waals surface area contributed by atoms with E-state index in [1.807, 2.05) is 29.2 Å². The van der Waals surface area contributed by atoms with E-state index in [1.54, 1.807) is 0 Å². The summed E-state index contributed by atoms with van der Waals surface area (Å²) in [5.41, 5.74) is 0.979. The molecular weight excluding hydrogens is 256 g/mol. The van der Waals surface area contributed by atoms with Crippen LogP contribution in [0.25, 0.3) is 0 Å². The van der Waals surface area contributed by atoms with Crippen LogP contribution in [0.3, 0.4) is 0 Å². The van der Waals surface area contributed by atoms with Crippen molar-refractivity contribution in [1.29, 1.82) is 0 Å². The average molecular weight is 269 g/mol. The van der Waals surface area contributed by atoms with Crippen LogP contribution >= 0.6 is 15.9 Å². The maximum atomic E-state index is 11.8. The van der Waals surface area contributed by atoms with Gasteiger partial charge in [0.25, 0.3) is 0 Å². The first-order valence-corrected chi connectivity index (χ1v) is 5.83. The lowest BCUT2D eigenvalue weighted by molar-refractivity contribution is -0.117. The topological polar surface area (TPSA) is 32.3 Å². The Labute approximate surface area is 97.6 Å². The van der Waals surface area contributed by atoms with E-state index in [1.165, 1.54) is 0 Å². The van der Waals surface area contributed by atoms with Gasteiger partial charge in [-0.15, -0.1) is 0 Å². The highest BCUT2D eigenvalue weighted by Crippen LogP contribution is 2.19. The van der Waals surface area contributed by atoms with Crippen LogP contribution in [0.1, 0.15) is 6.42 Å². The number of nitrogens with one attached hydrogen (secondary N) is 1. The quantitative estimate of drug-likeness (QED) is 0.842. The second kappa shape index (κ2) is 4.77. The van der Waals surface area contributed by atoms with Gasteiger partial charge in [0.15, 0.2) is 0 Å². The van der Waals surface area contributed by atoms with E-state index in [4.69, 9.17) is 0 Å². The molecule has 0 atom stereocenters. The molecule has 1 aliphatic heterocycles. The van der Waals surface area contributed by atoms with Gasteiger partial charge in [-0.3, -0.25) is 4.79 Å². The summed E-state index contributed by atoms with van der Waals surface area (Å²) in [6.45, 7) is 2.16. The van der Waals surface area contributed by atoms with Crippen LogP contribution in [0.15, 0.2) is 28.7 Å². The molecule has 0 bridgehead atoms. The SMILES string of the molecule is O=C1CNCCCN1c1ccc(Br)cc1. The first-order chi connectivity index (χ1) is 7.27. The number of anilines is 1. The highest BCUT2D eigenvalue weighted by molar-refractivity contribution is 9.10. The number of carbonyl (C=O) groups excluding carboxylic acids is 1. The van der Waals surface area contributed by atoms with Gasteiger partial charge in [-0.2, -0.15) is 0 Å². The van der Waals surface area contributed by atoms with Crippen molar-refractivity contribution in [3.63, 3.8) is 0 Å². The zero-order chi connectivity index (χ0) is 10.7. The smallest absolute Gasteiger partial charge is 0.240 e. The molecule has 0 radical (unpaired) electrons. The molecule has 0 spiro atoms. The minimum atomic E-state index is 0.148. The number of hydrogen-bond donors (Lipinski definition) is 1. The maximum absolute atomic E-state index is 11.8. The maximum Gasteiger partial charge on any atom is 0.240 e. The average Bonchev–Trinajstić information content (AvgIpc) is 2.44. The van der Waals surface area contributed by atoms with E-state index in [0.717, 1.165) is 29.7 Å². The third-order valence-corrected chi connectivity index (χ3v) is 2.98. The number of halogens is 1. The summed E-state index contributed by atoms with van der Waals surface area (Å²) < 4.78 is 1.03. The van der Waals surface area contributed by atoms with Crippen molar-refractivity contribution in [1.82, 2.24) is 5.32 Å². The lowest BCUT2D eigenvalue weighted by Gasteiger charge is -2.20. The van der Waals surface area contributed by atoms with Gasteiger partial charge < -0.3 is 10.2 Å². The van der Waals surface area contributed by atoms with E-state index < -0.39 is 0 Å². The predicted octanol–water partition coefficient (Wildman–Crippen LogP) is 1.78. The zero-order valence-corrected chi connectivity index (χ0v) is 9.96. The lowest BCUT2D eigenvalue weighted by atomic mass is 10.2. The molecule has 1 aromatic carbocycles. The van der Waals surface area contributed by atoms with Gasteiger partial charge in [0.05, 0.1) is 6.54 Å². The van der Waals surface area contributed by atoms with Gasteiger partial charge in [0, 0.05) is 16.7 Å². The van der Waals surface area contributed by atoms with E-state index in [0.29, 0.717) is 6.54 Å². The van der Waals surface area contributed by atoms with Gasteiger partial charge in [-0.1, -0.05) is 15.9 Å². The summed E-state index contributed by atoms with van der Waals surface area (Å²) >= 11 is 3.38. The molecular formula is C11H13BrN2O. The standard InChI is InChI=1S/C11H13BrN2O/c12-9-2-4-10(5-3-9)14-7-1-6-13-8-11(14)15/h2-5,13H,1,6-8H2. The van der Waals surface area contributed by atoms with Crippen molar-refractivity contribution in [3.05, 3.63) is 28.7 Å². The Hall–Kier alpha value is -0.870. The largest absolute Gasteiger partial charge is 0.311 e. The normalized spacial score (nSPS) is 17.7. The van der Waals surface area contributed by atoms with Crippen molar-refractivity contribution in [3.8, 4) is 0 Å². The summed E-state index contributed by atoms with van der Waals surface area (Å²) in [5, 5.41) is 3.11. The summed E-state index contributed by atoms with van der Waals surface area (Å²) in [6.07, 6.45) is 1.00. The Balaban J connectivity index is 2.20. The number of benzene rings is 1. The van der Waals surface area contributed by atoms with Gasteiger partial charge in [0.2, 0.25) is 5.91 Å². The highest BCUT2D eigenvalue weighted by Gasteiger charge is 2.17. The minimum absolute atomic E-state index is 0.148. The number of nitrogens with zero attached hydrogens (tertiary/aromatic N) is 1. The Bertz CT molecular complexity index is 350. The second-order valence-electron chi connectivity index (χ2n) is 3.55. The number of carbonyl (C=O) groups is 1. The molecule has 1 aromatic rings. The third-order valence-electron chi connectivity index (χ3n) is 2.45. The van der Waals surface area contributed by atoms with Crippen molar-refractivity contribution in [2.24, 2.45) is 0 Å². The van der Waals surface area contributed by atoms with Crippen LogP contribution in [-0.2, 0) is 4.79 Å². The van der Waals surface area contributed by atoms with Crippen molar-refractivity contribution >= 4 is 27.5 Å². The fourth-order valence-electron chi connectivity index (χ4n) is 1.67. The summed E-state index contributed by atoms with van der Waals surface area (Å²) in [4.78, 5) is 13.6. The van der Waals surface area contributed by atoms with Crippen LogP contribution in [-0.4, -0.2) is 25.5 Å². The highest BCUT2D eigenvalue weighted by atomic mass is 79.9. The monoisotopic (exact) mass is 268 g/mol. The van der Waals surface area contributed by atoms with Crippen LogP contribution in [0.2, 0.25) is 0 Å². The molecule has 15 heavy (non-hydrogen) atoms. The third kappa shape index (κ3) is 2.58. The molecule has 1 N–H and O–H groups in total. The first kappa shape index (κ1) is 10.6. The molecule has 1 heterocycles. The number of hydrogen-bond acceptors (Lipinski definition) is 2. The number of amides is 1. The van der Waals surface area contributed by atoms with E-state index in [2.05, 4.69) is 21.2 Å². The molecule has 1 aliphatic rings. The zero-order valence-electron chi connectivity index (χ0n) is 8.37. The summed E-state index contributed by atoms with van der Waals surface area (Å²) in [5.74, 6) is 0.148. The van der Waals surface area contributed by atoms with Gasteiger partial charge in [-0.25, -0.2) is 0 Å². The van der Waals surface area contributed by atoms with Gasteiger partial charge >= 0.3 is 0 Å². The lowest BCUT2D eigenvalue weighted by Crippen LogP contribution is -2.34. The van der Waals surface area contributed by atoms with Crippen LogP contribution in [0, 0.1) is 0 Å². The van der Waals surface area contributed by atoms with E-state index in [9.17, 15) is 4.79 Å². The molecule has 1 saturated heterocycles. The van der Waals surface area contributed by atoms with Crippen LogP contribution in [0.5, 0.6) is 0 Å². The van der Waals surface area contributed by atoms with Crippen LogP contribution in [0.4, 0.5) is 5.69 Å². The second-order valence-corrected chi connectivity index (χ2v) is 4.47. The molecule has 0 aliphatic carbocycles. The minimum Gasteiger partial charge on any atom is -0.311 e. The molecule has 0 unspecified atom stereocenters. The molecule has 80 valence electrons. The van der Waals surface area contributed by atoms with Gasteiger partial charge in [0.1, 0.15) is 0 Å². The van der Waals surface area contributed by atoms with Crippen molar-refractivity contribution < 1.29 is 4.79 Å². The predicted molar refractivity (Wildman–Crippen MR) is 64.0 cm³/mol. The fourth-order valence-corrected chi connectivity index (χ4v) is 1.94. The van der Waals surface area contributed by atoms with Crippen LogP contribution < -0.4 is 10.2 Å². The molecule has 2 rings (SSSR count). The molecule has 1 amide bonds. The molecule has 1 fully saturated rings. The summed E-state index contributed by atoms with van der Waals surface area (Å²) in [7, 11) is 0. The van der Waals surface area contributed by atoms with Crippen molar-refractivity contribution in [2.75, 3.05) is 24.5 Å². The van der Waals surface area contributed by atoms with Gasteiger partial charge in [-0.05, 0) is 37.2 Å². The van der Waals surface area contributed by atoms with E-state index >= 15 is 0 Å².